The number of aliphatic hydroxyl groups excluding tert-OH is 11. The van der Waals surface area contributed by atoms with E-state index in [1.807, 2.05) is 0 Å². The summed E-state index contributed by atoms with van der Waals surface area (Å²) >= 11 is 0. The van der Waals surface area contributed by atoms with Gasteiger partial charge in [-0.25, -0.2) is 9.21 Å². The van der Waals surface area contributed by atoms with Crippen molar-refractivity contribution >= 4 is 23.0 Å². The van der Waals surface area contributed by atoms with E-state index >= 15 is 0 Å². The number of carbonyl (C=O) groups excluding carboxylic acids is 1. The molecule has 3 saturated heterocycles. The molecule has 0 spiro atoms. The van der Waals surface area contributed by atoms with Gasteiger partial charge in [0.2, 0.25) is 24.6 Å². The molecule has 3 aromatic carbocycles. The molecular weight excluding hydrogens is 900 g/mol. The van der Waals surface area contributed by atoms with Gasteiger partial charge in [-0.2, -0.15) is 0 Å². The topological polar surface area (TPSA) is 385 Å². The van der Waals surface area contributed by atoms with E-state index in [2.05, 4.69) is 0 Å². The third-order valence-corrected chi connectivity index (χ3v) is 11.1. The lowest BCUT2D eigenvalue weighted by Crippen LogP contribution is -2.60. The molecule has 7 rings (SSSR count). The van der Waals surface area contributed by atoms with Crippen molar-refractivity contribution < 1.29 is 119 Å². The standard InChI is InChI=1S/C43H48O24/c1-59-24-9-17(4-6-20(24)47)40-26(12-19-22(61-40)10-18(46)11-23(19)62-41-37(56)34(53)31(50)27(13-44)65-41)64-43-39(58)36(55)33(52)29(67-43)15-60-30(49)7-3-16-2-5-21(48)25(8-16)63-42-38(57)35(54)32(51)28(14-45)66-42/h2-12,27-29,31-39,41-45,50-58H,13-15H2,1H3,(H2-,46,47,48,49)/p+1/t27?,28?,29?,31-,32-,33-,34+,35+,36?,37?,38?,39?,41-,42-,43-/m1/s1. The fraction of sp³-hybridized carbons (Fsp3) is 0.442. The monoisotopic (exact) mass is 949 g/mol. The average Bonchev–Trinajstić information content (AvgIpc) is 3.31. The first-order valence-corrected chi connectivity index (χ1v) is 20.4. The van der Waals surface area contributed by atoms with E-state index in [-0.39, 0.29) is 56.6 Å². The van der Waals surface area contributed by atoms with Crippen LogP contribution in [0, 0.1) is 0 Å². The van der Waals surface area contributed by atoms with Crippen molar-refractivity contribution in [2.24, 2.45) is 0 Å². The summed E-state index contributed by atoms with van der Waals surface area (Å²) in [5, 5.41) is 145. The highest BCUT2D eigenvalue weighted by Crippen LogP contribution is 2.43. The van der Waals surface area contributed by atoms with E-state index in [4.69, 9.17) is 42.3 Å². The summed E-state index contributed by atoms with van der Waals surface area (Å²) in [5.41, 5.74) is 0.308. The van der Waals surface area contributed by atoms with Gasteiger partial charge in [-0.1, -0.05) is 6.07 Å². The third-order valence-electron chi connectivity index (χ3n) is 11.1. The Morgan fingerprint density at radius 2 is 1.12 bits per heavy atom. The first kappa shape index (κ1) is 49.2. The molecule has 24 nitrogen and oxygen atoms in total. The second-order valence-corrected chi connectivity index (χ2v) is 15.6. The minimum Gasteiger partial charge on any atom is -0.507 e. The lowest BCUT2D eigenvalue weighted by atomic mass is 9.99. The van der Waals surface area contributed by atoms with Gasteiger partial charge in [0.1, 0.15) is 96.7 Å². The molecule has 0 amide bonds. The molecule has 3 fully saturated rings. The molecule has 67 heavy (non-hydrogen) atoms. The van der Waals surface area contributed by atoms with Gasteiger partial charge in [-0.3, -0.25) is 0 Å². The van der Waals surface area contributed by atoms with Crippen LogP contribution in [0.5, 0.6) is 40.2 Å². The van der Waals surface area contributed by atoms with Crippen molar-refractivity contribution in [3.05, 3.63) is 66.2 Å². The molecule has 14 N–H and O–H groups in total. The van der Waals surface area contributed by atoms with Gasteiger partial charge < -0.3 is 109 Å². The molecule has 15 atom stereocenters. The van der Waals surface area contributed by atoms with Crippen molar-refractivity contribution in [2.75, 3.05) is 26.9 Å². The van der Waals surface area contributed by atoms with E-state index in [0.717, 1.165) is 12.1 Å². The van der Waals surface area contributed by atoms with Crippen LogP contribution in [0.2, 0.25) is 0 Å². The Labute approximate surface area is 378 Å². The summed E-state index contributed by atoms with van der Waals surface area (Å²) in [6, 6.07) is 11.3. The SMILES string of the molecule is COc1cc(-c2[o+]c3cc(O)cc(O[C@@H]4OC(CO)[C@@H](O)[C@H](O)C4O)c3cc2O[C@@H]2OC(COC(=O)/C=C/c3ccc(O)c(O[C@@H]4OC(CO)[C@@H](O)[C@H](O)C4O)c3)[C@@H](O)C(O)C2O)ccc1O. The molecule has 0 aliphatic carbocycles. The molecule has 364 valence electrons. The minimum absolute atomic E-state index is 0.0106. The molecule has 0 bridgehead atoms. The summed E-state index contributed by atoms with van der Waals surface area (Å²) < 4.78 is 50.7. The second-order valence-electron chi connectivity index (χ2n) is 15.6. The maximum atomic E-state index is 12.9. The van der Waals surface area contributed by atoms with Crippen LogP contribution in [0.3, 0.4) is 0 Å². The van der Waals surface area contributed by atoms with Gasteiger partial charge in [-0.05, 0) is 35.9 Å². The second kappa shape index (κ2) is 20.7. The number of phenols is 3. The van der Waals surface area contributed by atoms with E-state index in [9.17, 15) is 76.3 Å². The first-order valence-electron chi connectivity index (χ1n) is 20.4. The Balaban J connectivity index is 1.11. The number of hydrogen-bond donors (Lipinski definition) is 14. The largest absolute Gasteiger partial charge is 0.507 e. The molecule has 3 aliphatic heterocycles. The van der Waals surface area contributed by atoms with Crippen LogP contribution in [0.15, 0.2) is 65.1 Å². The van der Waals surface area contributed by atoms with Crippen LogP contribution < -0.4 is 18.9 Å². The summed E-state index contributed by atoms with van der Waals surface area (Å²) in [7, 11) is 1.28. The summed E-state index contributed by atoms with van der Waals surface area (Å²) in [6.07, 6.45) is -23.6. The van der Waals surface area contributed by atoms with Crippen molar-refractivity contribution in [3.63, 3.8) is 0 Å². The van der Waals surface area contributed by atoms with E-state index in [0.29, 0.717) is 0 Å². The molecule has 1 aromatic heterocycles. The zero-order valence-corrected chi connectivity index (χ0v) is 35.0. The summed E-state index contributed by atoms with van der Waals surface area (Å²) in [4.78, 5) is 12.9. The predicted octanol–water partition coefficient (Wildman–Crippen LogP) is -2.69. The Bertz CT molecular complexity index is 2390. The number of ether oxygens (including phenoxy) is 8. The molecule has 7 unspecified atom stereocenters. The Hall–Kier alpha value is -5.68. The molecule has 4 heterocycles. The zero-order chi connectivity index (χ0) is 48.4. The Kier molecular flexibility index (Phi) is 15.2. The fourth-order valence-electron chi connectivity index (χ4n) is 7.34. The maximum absolute atomic E-state index is 12.9. The number of hydrogen-bond acceptors (Lipinski definition) is 23. The van der Waals surface area contributed by atoms with Crippen LogP contribution in [-0.2, 0) is 23.7 Å². The van der Waals surface area contributed by atoms with Crippen LogP contribution in [0.4, 0.5) is 0 Å². The highest BCUT2D eigenvalue weighted by Gasteiger charge is 2.48. The number of benzene rings is 3. The zero-order valence-electron chi connectivity index (χ0n) is 35.0. The number of rotatable bonds is 14. The quantitative estimate of drug-likeness (QED) is 0.0348. The van der Waals surface area contributed by atoms with Gasteiger partial charge in [0.05, 0.1) is 32.0 Å². The van der Waals surface area contributed by atoms with E-state index < -0.39 is 129 Å². The predicted molar refractivity (Wildman–Crippen MR) is 220 cm³/mol. The van der Waals surface area contributed by atoms with Gasteiger partial charge >= 0.3 is 17.3 Å². The highest BCUT2D eigenvalue weighted by molar-refractivity contribution is 5.89. The van der Waals surface area contributed by atoms with Gasteiger partial charge in [0.25, 0.3) is 0 Å². The highest BCUT2D eigenvalue weighted by atomic mass is 16.7. The Morgan fingerprint density at radius 3 is 1.70 bits per heavy atom. The number of carbonyl (C=O) groups is 1. The number of esters is 1. The van der Waals surface area contributed by atoms with Crippen LogP contribution in [0.25, 0.3) is 28.4 Å². The number of aromatic hydroxyl groups is 3. The fourth-order valence-corrected chi connectivity index (χ4v) is 7.34. The van der Waals surface area contributed by atoms with Crippen LogP contribution >= 0.6 is 0 Å². The maximum Gasteiger partial charge on any atom is 0.402 e. The Morgan fingerprint density at radius 1 is 0.597 bits per heavy atom. The first-order chi connectivity index (χ1) is 31.9. The van der Waals surface area contributed by atoms with Crippen LogP contribution in [-0.4, -0.2) is 197 Å². The van der Waals surface area contributed by atoms with Gasteiger partial charge in [0.15, 0.2) is 23.0 Å². The summed E-state index contributed by atoms with van der Waals surface area (Å²) in [6.45, 7) is -2.22. The molecule has 24 heteroatoms. The number of methoxy groups -OCH3 is 1. The molecule has 0 radical (unpaired) electrons. The average molecular weight is 950 g/mol. The molecule has 0 saturated carbocycles. The van der Waals surface area contributed by atoms with Crippen molar-refractivity contribution in [1.29, 1.82) is 0 Å². The number of aliphatic hydroxyl groups is 11. The van der Waals surface area contributed by atoms with E-state index in [1.54, 1.807) is 0 Å². The number of fused-ring (bicyclic) bond motifs is 1. The van der Waals surface area contributed by atoms with Crippen molar-refractivity contribution in [1.82, 2.24) is 0 Å². The lowest BCUT2D eigenvalue weighted by molar-refractivity contribution is -0.278. The van der Waals surface area contributed by atoms with E-state index in [1.165, 1.54) is 61.7 Å². The minimum atomic E-state index is -1.97. The molecule has 4 aromatic rings. The summed E-state index contributed by atoms with van der Waals surface area (Å²) in [5.74, 6) is -3.12. The van der Waals surface area contributed by atoms with Gasteiger partial charge in [-0.15, -0.1) is 0 Å². The lowest BCUT2D eigenvalue weighted by Gasteiger charge is -2.39. The third kappa shape index (κ3) is 10.4. The van der Waals surface area contributed by atoms with Crippen molar-refractivity contribution in [3.8, 4) is 51.6 Å². The molecular formula is C43H49O24+. The smallest absolute Gasteiger partial charge is 0.402 e. The normalized spacial score (nSPS) is 32.2. The van der Waals surface area contributed by atoms with Gasteiger partial charge in [0, 0.05) is 24.3 Å². The van der Waals surface area contributed by atoms with Crippen LogP contribution in [0.1, 0.15) is 5.56 Å². The van der Waals surface area contributed by atoms with Crippen molar-refractivity contribution in [2.45, 2.75) is 92.1 Å². The molecule has 3 aliphatic rings. The number of phenolic OH excluding ortho intramolecular Hbond substituents is 3.